The van der Waals surface area contributed by atoms with Gasteiger partial charge in [0.25, 0.3) is 11.6 Å². The number of nitro groups is 1. The van der Waals surface area contributed by atoms with Gasteiger partial charge in [0.2, 0.25) is 0 Å². The number of nitro benzene ring substituents is 1. The van der Waals surface area contributed by atoms with E-state index in [0.29, 0.717) is 6.42 Å². The third-order valence-corrected chi connectivity index (χ3v) is 4.03. The van der Waals surface area contributed by atoms with Crippen molar-refractivity contribution in [2.24, 2.45) is 5.92 Å². The van der Waals surface area contributed by atoms with Crippen molar-refractivity contribution >= 4 is 35.1 Å². The Morgan fingerprint density at radius 3 is 2.54 bits per heavy atom. The summed E-state index contributed by atoms with van der Waals surface area (Å²) in [6, 6.07) is 2.40. The summed E-state index contributed by atoms with van der Waals surface area (Å²) in [7, 11) is 1.20. The minimum absolute atomic E-state index is 0.0481. The quantitative estimate of drug-likeness (QED) is 0.412. The highest BCUT2D eigenvalue weighted by Gasteiger charge is 2.27. The predicted molar refractivity (Wildman–Crippen MR) is 91.8 cm³/mol. The molecule has 0 fully saturated rings. The molecule has 0 aliphatic heterocycles. The van der Waals surface area contributed by atoms with E-state index < -0.39 is 35.4 Å². The van der Waals surface area contributed by atoms with Crippen LogP contribution in [0.2, 0.25) is 5.02 Å². The average Bonchev–Trinajstić information content (AvgIpc) is 2.62. The van der Waals surface area contributed by atoms with Gasteiger partial charge in [0.1, 0.15) is 6.04 Å². The smallest absolute Gasteiger partial charge is 0.340 e. The zero-order chi connectivity index (χ0) is 19.9. The van der Waals surface area contributed by atoms with Crippen LogP contribution in [0.25, 0.3) is 0 Å². The predicted octanol–water partition coefficient (Wildman–Crippen LogP) is 2.11. The molecule has 26 heavy (non-hydrogen) atoms. The number of benzene rings is 1. The zero-order valence-corrected chi connectivity index (χ0v) is 15.2. The van der Waals surface area contributed by atoms with E-state index in [1.807, 2.05) is 6.92 Å². The number of carbonyl (C=O) groups is 3. The highest BCUT2D eigenvalue weighted by Crippen LogP contribution is 2.22. The fourth-order valence-corrected chi connectivity index (χ4v) is 2.20. The topological polar surface area (TPSA) is 125 Å². The van der Waals surface area contributed by atoms with E-state index in [-0.39, 0.29) is 22.2 Å². The molecule has 0 saturated heterocycles. The molecule has 1 aromatic carbocycles. The van der Waals surface area contributed by atoms with Crippen molar-refractivity contribution in [3.63, 3.8) is 0 Å². The third-order valence-electron chi connectivity index (χ3n) is 3.70. The lowest BCUT2D eigenvalue weighted by atomic mass is 9.99. The van der Waals surface area contributed by atoms with Crippen LogP contribution in [0.3, 0.4) is 0 Å². The van der Waals surface area contributed by atoms with Crippen molar-refractivity contribution in [3.8, 4) is 0 Å². The van der Waals surface area contributed by atoms with Crippen molar-refractivity contribution in [3.05, 3.63) is 38.9 Å². The fourth-order valence-electron chi connectivity index (χ4n) is 2.00. The number of nitrogens with one attached hydrogen (secondary N) is 1. The number of rotatable bonds is 8. The first-order valence-corrected chi connectivity index (χ1v) is 8.07. The summed E-state index contributed by atoms with van der Waals surface area (Å²) in [4.78, 5) is 45.8. The summed E-state index contributed by atoms with van der Waals surface area (Å²) in [5.74, 6) is -2.50. The number of amides is 1. The van der Waals surface area contributed by atoms with Crippen LogP contribution in [0.5, 0.6) is 0 Å². The standard InChI is InChI=1S/C16H19ClN2O7/c1-4-9(2)14(16(22)25-3)18-13(20)8-26-15(21)11-7-10(19(23)24)5-6-12(11)17/h5-7,9,14H,4,8H2,1-3H3,(H,18,20)/t9-,14+/m1/s1. The largest absolute Gasteiger partial charge is 0.467 e. The maximum atomic E-state index is 12.0. The Morgan fingerprint density at radius 1 is 1.35 bits per heavy atom. The lowest BCUT2D eigenvalue weighted by Crippen LogP contribution is -2.47. The van der Waals surface area contributed by atoms with Crippen LogP contribution in [0.4, 0.5) is 5.69 Å². The Balaban J connectivity index is 2.75. The Hall–Kier alpha value is -2.68. The lowest BCUT2D eigenvalue weighted by Gasteiger charge is -2.21. The van der Waals surface area contributed by atoms with Crippen LogP contribution in [0.15, 0.2) is 18.2 Å². The molecule has 2 atom stereocenters. The Morgan fingerprint density at radius 2 is 2.00 bits per heavy atom. The molecule has 0 saturated carbocycles. The van der Waals surface area contributed by atoms with Gasteiger partial charge < -0.3 is 14.8 Å². The van der Waals surface area contributed by atoms with Gasteiger partial charge in [-0.1, -0.05) is 31.9 Å². The van der Waals surface area contributed by atoms with Crippen LogP contribution in [-0.2, 0) is 19.1 Å². The highest BCUT2D eigenvalue weighted by atomic mass is 35.5. The van der Waals surface area contributed by atoms with Gasteiger partial charge in [-0.2, -0.15) is 0 Å². The van der Waals surface area contributed by atoms with E-state index in [9.17, 15) is 24.5 Å². The Bertz CT molecular complexity index is 708. The molecule has 0 heterocycles. The number of halogens is 1. The molecule has 142 valence electrons. The van der Waals surface area contributed by atoms with Gasteiger partial charge in [-0.05, 0) is 12.0 Å². The molecule has 0 aliphatic rings. The van der Waals surface area contributed by atoms with Gasteiger partial charge in [0, 0.05) is 12.1 Å². The number of methoxy groups -OCH3 is 1. The van der Waals surface area contributed by atoms with E-state index in [1.54, 1.807) is 6.92 Å². The van der Waals surface area contributed by atoms with Crippen molar-refractivity contribution in [2.75, 3.05) is 13.7 Å². The SMILES string of the molecule is CC[C@@H](C)[C@H](NC(=O)COC(=O)c1cc([N+](=O)[O-])ccc1Cl)C(=O)OC. The van der Waals surface area contributed by atoms with E-state index in [4.69, 9.17) is 16.3 Å². The molecule has 0 aromatic heterocycles. The summed E-state index contributed by atoms with van der Waals surface area (Å²) in [5.41, 5.74) is -0.576. The molecule has 10 heteroatoms. The minimum atomic E-state index is -0.994. The Labute approximate surface area is 154 Å². The first-order valence-electron chi connectivity index (χ1n) is 7.69. The van der Waals surface area contributed by atoms with Crippen LogP contribution in [0, 0.1) is 16.0 Å². The summed E-state index contributed by atoms with van der Waals surface area (Å²) >= 11 is 5.83. The lowest BCUT2D eigenvalue weighted by molar-refractivity contribution is -0.384. The van der Waals surface area contributed by atoms with Crippen LogP contribution in [-0.4, -0.2) is 42.5 Å². The number of esters is 2. The summed E-state index contributed by atoms with van der Waals surface area (Å²) in [5, 5.41) is 13.2. The molecule has 0 spiro atoms. The number of carbonyl (C=O) groups excluding carboxylic acids is 3. The highest BCUT2D eigenvalue weighted by molar-refractivity contribution is 6.33. The van der Waals surface area contributed by atoms with Gasteiger partial charge in [0.15, 0.2) is 6.61 Å². The first kappa shape index (κ1) is 21.4. The van der Waals surface area contributed by atoms with Crippen LogP contribution >= 0.6 is 11.6 Å². The van der Waals surface area contributed by atoms with Crippen molar-refractivity contribution < 1.29 is 28.8 Å². The zero-order valence-electron chi connectivity index (χ0n) is 14.5. The second kappa shape index (κ2) is 9.71. The van der Waals surface area contributed by atoms with E-state index in [0.717, 1.165) is 12.1 Å². The number of non-ortho nitro benzene ring substituents is 1. The van der Waals surface area contributed by atoms with Gasteiger partial charge in [-0.25, -0.2) is 9.59 Å². The van der Waals surface area contributed by atoms with Gasteiger partial charge in [-0.15, -0.1) is 0 Å². The first-order chi connectivity index (χ1) is 12.2. The molecule has 0 unspecified atom stereocenters. The number of ether oxygens (including phenoxy) is 2. The van der Waals surface area contributed by atoms with Gasteiger partial charge in [0.05, 0.1) is 22.6 Å². The minimum Gasteiger partial charge on any atom is -0.467 e. The van der Waals surface area contributed by atoms with Crippen LogP contribution < -0.4 is 5.32 Å². The molecule has 1 N–H and O–H groups in total. The second-order valence-electron chi connectivity index (χ2n) is 5.45. The molecular formula is C16H19ClN2O7. The molecule has 0 radical (unpaired) electrons. The number of hydrogen-bond acceptors (Lipinski definition) is 7. The van der Waals surface area contributed by atoms with Crippen molar-refractivity contribution in [2.45, 2.75) is 26.3 Å². The molecule has 0 bridgehead atoms. The van der Waals surface area contributed by atoms with Gasteiger partial charge >= 0.3 is 11.9 Å². The van der Waals surface area contributed by atoms with Crippen molar-refractivity contribution in [1.29, 1.82) is 0 Å². The second-order valence-corrected chi connectivity index (χ2v) is 5.86. The fraction of sp³-hybridized carbons (Fsp3) is 0.438. The molecule has 0 aliphatic carbocycles. The normalized spacial score (nSPS) is 12.6. The van der Waals surface area contributed by atoms with E-state index in [1.165, 1.54) is 13.2 Å². The van der Waals surface area contributed by atoms with Crippen LogP contribution in [0.1, 0.15) is 30.6 Å². The third kappa shape index (κ3) is 5.69. The molecule has 1 amide bonds. The molecule has 1 rings (SSSR count). The molecule has 1 aromatic rings. The Kier molecular flexibility index (Phi) is 7.98. The summed E-state index contributed by atoms with van der Waals surface area (Å²) in [6.45, 7) is 2.93. The van der Waals surface area contributed by atoms with E-state index >= 15 is 0 Å². The molecular weight excluding hydrogens is 368 g/mol. The number of nitrogens with zero attached hydrogens (tertiary/aromatic N) is 1. The number of hydrogen-bond donors (Lipinski definition) is 1. The average molecular weight is 387 g/mol. The summed E-state index contributed by atoms with van der Waals surface area (Å²) < 4.78 is 9.46. The molecule has 9 nitrogen and oxygen atoms in total. The maximum absolute atomic E-state index is 12.0. The maximum Gasteiger partial charge on any atom is 0.340 e. The summed E-state index contributed by atoms with van der Waals surface area (Å²) in [6.07, 6.45) is 0.614. The van der Waals surface area contributed by atoms with Gasteiger partial charge in [-0.3, -0.25) is 14.9 Å². The van der Waals surface area contributed by atoms with Crippen molar-refractivity contribution in [1.82, 2.24) is 5.32 Å². The monoisotopic (exact) mass is 386 g/mol. The van der Waals surface area contributed by atoms with E-state index in [2.05, 4.69) is 10.1 Å².